The van der Waals surface area contributed by atoms with Crippen LogP contribution < -0.4 is 19.5 Å². The van der Waals surface area contributed by atoms with Crippen LogP contribution in [-0.4, -0.2) is 26.7 Å². The summed E-state index contributed by atoms with van der Waals surface area (Å²) in [6, 6.07) is 9.12. The number of methoxy groups -OCH3 is 2. The fourth-order valence-corrected chi connectivity index (χ4v) is 2.23. The Morgan fingerprint density at radius 1 is 1.12 bits per heavy atom. The zero-order chi connectivity index (χ0) is 17.5. The third-order valence-corrected chi connectivity index (χ3v) is 3.47. The molecule has 128 valence electrons. The van der Waals surface area contributed by atoms with E-state index in [9.17, 15) is 9.18 Å². The van der Waals surface area contributed by atoms with Gasteiger partial charge in [0.1, 0.15) is 11.5 Å². The Morgan fingerprint density at radius 2 is 1.83 bits per heavy atom. The summed E-state index contributed by atoms with van der Waals surface area (Å²) in [5.74, 6) is 0.178. The fourth-order valence-electron chi connectivity index (χ4n) is 1.99. The normalized spacial score (nSPS) is 10.2. The van der Waals surface area contributed by atoms with E-state index in [1.54, 1.807) is 18.2 Å². The summed E-state index contributed by atoms with van der Waals surface area (Å²) in [6.45, 7) is 0.0406. The van der Waals surface area contributed by atoms with Crippen molar-refractivity contribution in [2.45, 2.75) is 6.42 Å². The zero-order valence-corrected chi connectivity index (χ0v) is 14.0. The van der Waals surface area contributed by atoms with Crippen molar-refractivity contribution in [2.24, 2.45) is 0 Å². The van der Waals surface area contributed by atoms with E-state index in [2.05, 4.69) is 5.32 Å². The predicted octanol–water partition coefficient (Wildman–Crippen LogP) is 3.90. The number of ether oxygens (including phenoxy) is 3. The van der Waals surface area contributed by atoms with E-state index in [0.717, 1.165) is 0 Å². The molecule has 0 fully saturated rings. The molecule has 2 aromatic rings. The minimum atomic E-state index is -0.471. The van der Waals surface area contributed by atoms with Crippen LogP contribution in [-0.2, 0) is 4.79 Å². The first kappa shape index (κ1) is 17.9. The van der Waals surface area contributed by atoms with Gasteiger partial charge in [-0.15, -0.1) is 0 Å². The van der Waals surface area contributed by atoms with Crippen molar-refractivity contribution in [3.63, 3.8) is 0 Å². The number of nitrogens with one attached hydrogen (secondary N) is 1. The van der Waals surface area contributed by atoms with Crippen molar-refractivity contribution < 1.29 is 23.4 Å². The minimum Gasteiger partial charge on any atom is -0.495 e. The number of hydrogen-bond acceptors (Lipinski definition) is 4. The Bertz CT molecular complexity index is 724. The highest BCUT2D eigenvalue weighted by molar-refractivity contribution is 6.32. The zero-order valence-electron chi connectivity index (χ0n) is 13.3. The SMILES string of the molecule is COc1cc(OC)c(NC(=O)CCOc2ccccc2F)cc1Cl. The maximum Gasteiger partial charge on any atom is 0.227 e. The quantitative estimate of drug-likeness (QED) is 0.820. The molecule has 0 aromatic heterocycles. The molecule has 7 heteroatoms. The summed E-state index contributed by atoms with van der Waals surface area (Å²) in [5.41, 5.74) is 0.416. The van der Waals surface area contributed by atoms with E-state index < -0.39 is 5.82 Å². The van der Waals surface area contributed by atoms with E-state index in [-0.39, 0.29) is 24.7 Å². The van der Waals surface area contributed by atoms with Crippen LogP contribution in [0.25, 0.3) is 0 Å². The molecule has 1 N–H and O–H groups in total. The number of hydrogen-bond donors (Lipinski definition) is 1. The molecule has 2 aromatic carbocycles. The molecule has 0 bridgehead atoms. The largest absolute Gasteiger partial charge is 0.495 e. The maximum atomic E-state index is 13.4. The van der Waals surface area contributed by atoms with Crippen LogP contribution in [0.4, 0.5) is 10.1 Å². The highest BCUT2D eigenvalue weighted by Crippen LogP contribution is 2.35. The van der Waals surface area contributed by atoms with Crippen molar-refractivity contribution in [2.75, 3.05) is 26.1 Å². The van der Waals surface area contributed by atoms with Crippen molar-refractivity contribution in [3.05, 3.63) is 47.2 Å². The Morgan fingerprint density at radius 3 is 2.50 bits per heavy atom. The maximum absolute atomic E-state index is 13.4. The summed E-state index contributed by atoms with van der Waals surface area (Å²) in [6.07, 6.45) is 0.0428. The van der Waals surface area contributed by atoms with Gasteiger partial charge >= 0.3 is 0 Å². The van der Waals surface area contributed by atoms with E-state index in [0.29, 0.717) is 22.2 Å². The van der Waals surface area contributed by atoms with E-state index >= 15 is 0 Å². The van der Waals surface area contributed by atoms with Gasteiger partial charge in [0.05, 0.1) is 38.0 Å². The van der Waals surface area contributed by atoms with Gasteiger partial charge in [-0.1, -0.05) is 23.7 Å². The molecule has 2 rings (SSSR count). The van der Waals surface area contributed by atoms with Crippen molar-refractivity contribution in [3.8, 4) is 17.2 Å². The Kier molecular flexibility index (Phi) is 6.26. The van der Waals surface area contributed by atoms with Gasteiger partial charge in [-0.2, -0.15) is 0 Å². The second-order valence-electron chi connectivity index (χ2n) is 4.76. The Hall–Kier alpha value is -2.47. The molecule has 0 spiro atoms. The number of anilines is 1. The molecular weight excluding hydrogens is 337 g/mol. The van der Waals surface area contributed by atoms with Crippen LogP contribution in [0.5, 0.6) is 17.2 Å². The molecule has 0 aliphatic heterocycles. The lowest BCUT2D eigenvalue weighted by atomic mass is 10.2. The second-order valence-corrected chi connectivity index (χ2v) is 5.17. The highest BCUT2D eigenvalue weighted by atomic mass is 35.5. The molecule has 24 heavy (non-hydrogen) atoms. The van der Waals surface area contributed by atoms with Gasteiger partial charge in [-0.05, 0) is 18.2 Å². The lowest BCUT2D eigenvalue weighted by molar-refractivity contribution is -0.116. The summed E-state index contributed by atoms with van der Waals surface area (Å²) >= 11 is 6.05. The molecule has 0 saturated carbocycles. The van der Waals surface area contributed by atoms with E-state index in [1.165, 1.54) is 32.4 Å². The number of carbonyl (C=O) groups is 1. The van der Waals surface area contributed by atoms with Crippen LogP contribution in [0.1, 0.15) is 6.42 Å². The first-order chi connectivity index (χ1) is 11.5. The fraction of sp³-hybridized carbons (Fsp3) is 0.235. The van der Waals surface area contributed by atoms with Gasteiger partial charge in [0.25, 0.3) is 0 Å². The average Bonchev–Trinajstić information content (AvgIpc) is 2.57. The summed E-state index contributed by atoms with van der Waals surface area (Å²) in [4.78, 5) is 12.0. The molecule has 0 aliphatic rings. The van der Waals surface area contributed by atoms with Gasteiger partial charge in [-0.3, -0.25) is 4.79 Å². The topological polar surface area (TPSA) is 56.8 Å². The molecule has 0 saturated heterocycles. The molecule has 0 unspecified atom stereocenters. The van der Waals surface area contributed by atoms with Gasteiger partial charge in [0.15, 0.2) is 11.6 Å². The predicted molar refractivity (Wildman–Crippen MR) is 89.7 cm³/mol. The third-order valence-electron chi connectivity index (χ3n) is 3.17. The molecule has 1 amide bonds. The van der Waals surface area contributed by atoms with Crippen LogP contribution in [0, 0.1) is 5.82 Å². The average molecular weight is 354 g/mol. The van der Waals surface area contributed by atoms with Gasteiger partial charge in [-0.25, -0.2) is 4.39 Å². The Labute approximate surface area is 144 Å². The third kappa shape index (κ3) is 4.52. The molecule has 0 aliphatic carbocycles. The van der Waals surface area contributed by atoms with Gasteiger partial charge in [0, 0.05) is 6.07 Å². The monoisotopic (exact) mass is 353 g/mol. The highest BCUT2D eigenvalue weighted by Gasteiger charge is 2.13. The van der Waals surface area contributed by atoms with Gasteiger partial charge in [0.2, 0.25) is 5.91 Å². The number of benzene rings is 2. The number of rotatable bonds is 7. The first-order valence-electron chi connectivity index (χ1n) is 7.14. The number of amides is 1. The lowest BCUT2D eigenvalue weighted by Crippen LogP contribution is -2.16. The van der Waals surface area contributed by atoms with Crippen molar-refractivity contribution >= 4 is 23.2 Å². The molecule has 0 atom stereocenters. The van der Waals surface area contributed by atoms with E-state index in [1.807, 2.05) is 0 Å². The van der Waals surface area contributed by atoms with Crippen LogP contribution in [0.2, 0.25) is 5.02 Å². The van der Waals surface area contributed by atoms with Crippen LogP contribution in [0.15, 0.2) is 36.4 Å². The van der Waals surface area contributed by atoms with Crippen molar-refractivity contribution in [1.29, 1.82) is 0 Å². The minimum absolute atomic E-state index is 0.0406. The summed E-state index contributed by atoms with van der Waals surface area (Å²) in [5, 5.41) is 3.02. The van der Waals surface area contributed by atoms with Crippen molar-refractivity contribution in [1.82, 2.24) is 0 Å². The van der Waals surface area contributed by atoms with Gasteiger partial charge < -0.3 is 19.5 Å². The lowest BCUT2D eigenvalue weighted by Gasteiger charge is -2.13. The molecule has 5 nitrogen and oxygen atoms in total. The second kappa shape index (κ2) is 8.40. The molecule has 0 heterocycles. The number of carbonyl (C=O) groups excluding carboxylic acids is 1. The molecule has 0 radical (unpaired) electrons. The number of halogens is 2. The summed E-state index contributed by atoms with van der Waals surface area (Å²) < 4.78 is 28.9. The standard InChI is InChI=1S/C17H17ClFNO4/c1-22-15-10-16(23-2)13(9-11(15)18)20-17(21)7-8-24-14-6-4-3-5-12(14)19/h3-6,9-10H,7-8H2,1-2H3,(H,20,21). The van der Waals surface area contributed by atoms with E-state index in [4.69, 9.17) is 25.8 Å². The van der Waals surface area contributed by atoms with Crippen LogP contribution in [0.3, 0.4) is 0 Å². The smallest absolute Gasteiger partial charge is 0.227 e. The van der Waals surface area contributed by atoms with Crippen LogP contribution >= 0.6 is 11.6 Å². The summed E-state index contributed by atoms with van der Waals surface area (Å²) in [7, 11) is 2.96. The number of para-hydroxylation sites is 1. The molecular formula is C17H17ClFNO4. The Balaban J connectivity index is 1.95. The first-order valence-corrected chi connectivity index (χ1v) is 7.51.